The first kappa shape index (κ1) is 21.3. The zero-order chi connectivity index (χ0) is 21.6. The number of benzene rings is 2. The number of amides is 2. The first-order valence-corrected chi connectivity index (χ1v) is 10.9. The van der Waals surface area contributed by atoms with E-state index in [2.05, 4.69) is 10.2 Å². The number of hydrogen-bond donors (Lipinski definition) is 1. The van der Waals surface area contributed by atoms with Gasteiger partial charge in [-0.1, -0.05) is 29.8 Å². The maximum Gasteiger partial charge on any atom is 0.264 e. The van der Waals surface area contributed by atoms with Crippen LogP contribution in [0.1, 0.15) is 12.8 Å². The Morgan fingerprint density at radius 3 is 2.58 bits per heavy atom. The Kier molecular flexibility index (Phi) is 6.82. The van der Waals surface area contributed by atoms with Gasteiger partial charge in [-0.3, -0.25) is 9.59 Å². The first-order chi connectivity index (χ1) is 15.1. The van der Waals surface area contributed by atoms with E-state index < -0.39 is 6.10 Å². The summed E-state index contributed by atoms with van der Waals surface area (Å²) >= 11 is 6.07. The molecule has 2 aromatic rings. The largest absolute Gasteiger partial charge is 0.485 e. The van der Waals surface area contributed by atoms with Crippen LogP contribution < -0.4 is 19.7 Å². The van der Waals surface area contributed by atoms with Gasteiger partial charge in [-0.2, -0.15) is 0 Å². The van der Waals surface area contributed by atoms with E-state index in [0.29, 0.717) is 49.0 Å². The molecule has 1 atom stereocenters. The number of carbonyl (C=O) groups is 2. The average molecular weight is 444 g/mol. The fourth-order valence-electron chi connectivity index (χ4n) is 3.76. The molecule has 0 bridgehead atoms. The summed E-state index contributed by atoms with van der Waals surface area (Å²) in [5, 5.41) is 3.56. The number of nitrogens with one attached hydrogen (secondary N) is 1. The third kappa shape index (κ3) is 5.41. The van der Waals surface area contributed by atoms with E-state index >= 15 is 0 Å². The van der Waals surface area contributed by atoms with Gasteiger partial charge in [0, 0.05) is 49.9 Å². The lowest BCUT2D eigenvalue weighted by Crippen LogP contribution is -2.49. The van der Waals surface area contributed by atoms with Crippen LogP contribution in [0.2, 0.25) is 5.02 Å². The molecule has 4 rings (SSSR count). The number of nitrogens with zero attached hydrogens (tertiary/aromatic N) is 2. The molecule has 2 aliphatic heterocycles. The van der Waals surface area contributed by atoms with Gasteiger partial charge >= 0.3 is 0 Å². The Balaban J connectivity index is 1.15. The van der Waals surface area contributed by atoms with Crippen molar-refractivity contribution in [2.75, 3.05) is 44.2 Å². The molecule has 0 radical (unpaired) electrons. The van der Waals surface area contributed by atoms with Gasteiger partial charge in [-0.25, -0.2) is 0 Å². The number of fused-ring (bicyclic) bond motifs is 1. The van der Waals surface area contributed by atoms with E-state index in [1.54, 1.807) is 6.07 Å². The zero-order valence-electron chi connectivity index (χ0n) is 17.3. The lowest BCUT2D eigenvalue weighted by Gasteiger charge is -2.36. The van der Waals surface area contributed by atoms with Crippen LogP contribution in [0, 0.1) is 0 Å². The van der Waals surface area contributed by atoms with Crippen molar-refractivity contribution in [1.29, 1.82) is 0 Å². The number of para-hydroxylation sites is 2. The zero-order valence-corrected chi connectivity index (χ0v) is 18.0. The molecule has 1 fully saturated rings. The standard InChI is InChI=1S/C23H26ClN3O4/c24-17-5-3-6-18(15-17)26-11-13-27(14-12-26)22(28)9-4-10-25-23(29)21-16-30-19-7-1-2-8-20(19)31-21/h1-3,5-8,15,21H,4,9-14,16H2,(H,25,29)/t21-/m1/s1. The van der Waals surface area contributed by atoms with E-state index in [4.69, 9.17) is 21.1 Å². The van der Waals surface area contributed by atoms with E-state index in [9.17, 15) is 9.59 Å². The molecule has 0 spiro atoms. The molecule has 1 N–H and O–H groups in total. The van der Waals surface area contributed by atoms with Gasteiger partial charge in [0.1, 0.15) is 6.61 Å². The molecule has 8 heteroatoms. The molecule has 164 valence electrons. The summed E-state index contributed by atoms with van der Waals surface area (Å²) in [7, 11) is 0. The van der Waals surface area contributed by atoms with Crippen LogP contribution in [0.15, 0.2) is 48.5 Å². The highest BCUT2D eigenvalue weighted by Gasteiger charge is 2.27. The van der Waals surface area contributed by atoms with Crippen molar-refractivity contribution >= 4 is 29.1 Å². The van der Waals surface area contributed by atoms with Crippen molar-refractivity contribution in [3.8, 4) is 11.5 Å². The van der Waals surface area contributed by atoms with Gasteiger partial charge < -0.3 is 24.6 Å². The van der Waals surface area contributed by atoms with E-state index in [1.165, 1.54) is 0 Å². The molecule has 2 aromatic carbocycles. The minimum absolute atomic E-state index is 0.117. The van der Waals surface area contributed by atoms with Gasteiger partial charge in [-0.15, -0.1) is 0 Å². The molecule has 2 heterocycles. The van der Waals surface area contributed by atoms with Crippen LogP contribution in [0.4, 0.5) is 5.69 Å². The highest BCUT2D eigenvalue weighted by Crippen LogP contribution is 2.30. The van der Waals surface area contributed by atoms with Gasteiger partial charge in [0.25, 0.3) is 5.91 Å². The number of piperazine rings is 1. The molecular formula is C23H26ClN3O4. The summed E-state index contributed by atoms with van der Waals surface area (Å²) in [5.74, 6) is 1.11. The normalized spacial score (nSPS) is 17.9. The Morgan fingerprint density at radius 2 is 1.81 bits per heavy atom. The van der Waals surface area contributed by atoms with Crippen LogP contribution in [0.3, 0.4) is 0 Å². The Hall–Kier alpha value is -2.93. The second kappa shape index (κ2) is 9.92. The predicted octanol–water partition coefficient (Wildman–Crippen LogP) is 2.73. The topological polar surface area (TPSA) is 71.1 Å². The number of ether oxygens (including phenoxy) is 2. The summed E-state index contributed by atoms with van der Waals surface area (Å²) in [4.78, 5) is 29.0. The lowest BCUT2D eigenvalue weighted by molar-refractivity contribution is -0.132. The number of rotatable bonds is 6. The lowest BCUT2D eigenvalue weighted by atomic mass is 10.2. The highest BCUT2D eigenvalue weighted by molar-refractivity contribution is 6.30. The van der Waals surface area contributed by atoms with Gasteiger partial charge in [0.05, 0.1) is 0 Å². The molecule has 7 nitrogen and oxygen atoms in total. The van der Waals surface area contributed by atoms with Crippen LogP contribution in [0.25, 0.3) is 0 Å². The SMILES string of the molecule is O=C(NCCCC(=O)N1CCN(c2cccc(Cl)c2)CC1)[C@H]1COc2ccccc2O1. The second-order valence-electron chi connectivity index (χ2n) is 7.61. The first-order valence-electron chi connectivity index (χ1n) is 10.5. The van der Waals surface area contributed by atoms with Crippen LogP contribution in [-0.2, 0) is 9.59 Å². The fourth-order valence-corrected chi connectivity index (χ4v) is 3.94. The quantitative estimate of drug-likeness (QED) is 0.695. The predicted molar refractivity (Wildman–Crippen MR) is 119 cm³/mol. The Morgan fingerprint density at radius 1 is 1.03 bits per heavy atom. The number of hydrogen-bond acceptors (Lipinski definition) is 5. The smallest absolute Gasteiger partial charge is 0.264 e. The molecule has 0 saturated carbocycles. The third-order valence-electron chi connectivity index (χ3n) is 5.47. The van der Waals surface area contributed by atoms with Crippen molar-refractivity contribution in [2.45, 2.75) is 18.9 Å². The van der Waals surface area contributed by atoms with Crippen LogP contribution in [-0.4, -0.2) is 62.1 Å². The monoisotopic (exact) mass is 443 g/mol. The molecule has 2 aliphatic rings. The molecule has 0 unspecified atom stereocenters. The molecule has 0 aliphatic carbocycles. The number of halogens is 1. The van der Waals surface area contributed by atoms with E-state index in [1.807, 2.05) is 47.4 Å². The summed E-state index contributed by atoms with van der Waals surface area (Å²) in [5.41, 5.74) is 1.08. The van der Waals surface area contributed by atoms with Crippen LogP contribution >= 0.6 is 11.6 Å². The highest BCUT2D eigenvalue weighted by atomic mass is 35.5. The summed E-state index contributed by atoms with van der Waals surface area (Å²) in [6.07, 6.45) is 0.316. The van der Waals surface area contributed by atoms with Crippen molar-refractivity contribution in [3.63, 3.8) is 0 Å². The molecular weight excluding hydrogens is 418 g/mol. The van der Waals surface area contributed by atoms with Crippen molar-refractivity contribution < 1.29 is 19.1 Å². The number of carbonyl (C=O) groups excluding carboxylic acids is 2. The molecule has 2 amide bonds. The van der Waals surface area contributed by atoms with E-state index in [0.717, 1.165) is 18.8 Å². The van der Waals surface area contributed by atoms with E-state index in [-0.39, 0.29) is 18.4 Å². The Labute approximate surface area is 186 Å². The van der Waals surface area contributed by atoms with Crippen molar-refractivity contribution in [1.82, 2.24) is 10.2 Å². The second-order valence-corrected chi connectivity index (χ2v) is 8.04. The summed E-state index contributed by atoms with van der Waals surface area (Å²) in [6, 6.07) is 15.1. The minimum Gasteiger partial charge on any atom is -0.485 e. The molecule has 31 heavy (non-hydrogen) atoms. The van der Waals surface area contributed by atoms with Crippen molar-refractivity contribution in [3.05, 3.63) is 53.6 Å². The average Bonchev–Trinajstić information content (AvgIpc) is 2.81. The fraction of sp³-hybridized carbons (Fsp3) is 0.391. The maximum absolute atomic E-state index is 12.5. The summed E-state index contributed by atoms with van der Waals surface area (Å²) in [6.45, 7) is 3.54. The summed E-state index contributed by atoms with van der Waals surface area (Å²) < 4.78 is 11.3. The minimum atomic E-state index is -0.676. The maximum atomic E-state index is 12.5. The van der Waals surface area contributed by atoms with Gasteiger partial charge in [0.2, 0.25) is 12.0 Å². The Bertz CT molecular complexity index is 931. The van der Waals surface area contributed by atoms with Crippen molar-refractivity contribution in [2.24, 2.45) is 0 Å². The molecule has 0 aromatic heterocycles. The number of anilines is 1. The molecule has 1 saturated heterocycles. The van der Waals surface area contributed by atoms with Crippen LogP contribution in [0.5, 0.6) is 11.5 Å². The third-order valence-corrected chi connectivity index (χ3v) is 5.71. The van der Waals surface area contributed by atoms with Gasteiger partial charge in [-0.05, 0) is 36.8 Å². The van der Waals surface area contributed by atoms with Gasteiger partial charge in [0.15, 0.2) is 11.5 Å².